The molecule has 1 aromatic rings. The first kappa shape index (κ1) is 13.7. The van der Waals surface area contributed by atoms with Gasteiger partial charge in [-0.05, 0) is 18.6 Å². The Labute approximate surface area is 109 Å². The Kier molecular flexibility index (Phi) is 3.96. The van der Waals surface area contributed by atoms with Crippen LogP contribution in [0, 0.1) is 11.3 Å². The van der Waals surface area contributed by atoms with Crippen LogP contribution in [0.1, 0.15) is 12.0 Å². The lowest BCUT2D eigenvalue weighted by atomic mass is 10.1. The number of benzene rings is 1. The number of rotatable bonds is 3. The summed E-state index contributed by atoms with van der Waals surface area (Å²) < 4.78 is 38.7. The summed E-state index contributed by atoms with van der Waals surface area (Å²) in [5.41, 5.74) is -0.382. The van der Waals surface area contributed by atoms with Gasteiger partial charge in [0.15, 0.2) is 0 Å². The average molecular weight is 269 g/mol. The lowest BCUT2D eigenvalue weighted by molar-refractivity contribution is -0.137. The maximum atomic E-state index is 12.9. The van der Waals surface area contributed by atoms with E-state index in [0.717, 1.165) is 12.5 Å². The molecular formula is C13H14F3N3. The minimum absolute atomic E-state index is 0.0703. The number of anilines is 1. The predicted molar refractivity (Wildman–Crippen MR) is 65.7 cm³/mol. The van der Waals surface area contributed by atoms with E-state index in [9.17, 15) is 13.2 Å². The van der Waals surface area contributed by atoms with Crippen molar-refractivity contribution in [3.63, 3.8) is 0 Å². The third-order valence-corrected chi connectivity index (χ3v) is 3.21. The summed E-state index contributed by atoms with van der Waals surface area (Å²) in [6, 6.07) is 7.65. The fourth-order valence-electron chi connectivity index (χ4n) is 2.32. The quantitative estimate of drug-likeness (QED) is 0.856. The number of hydrogen-bond donors (Lipinski definition) is 1. The van der Waals surface area contributed by atoms with Gasteiger partial charge in [0.2, 0.25) is 0 Å². The first-order chi connectivity index (χ1) is 9.02. The van der Waals surface area contributed by atoms with E-state index in [1.54, 1.807) is 11.0 Å². The zero-order valence-electron chi connectivity index (χ0n) is 10.2. The van der Waals surface area contributed by atoms with Gasteiger partial charge in [-0.15, -0.1) is 0 Å². The molecule has 102 valence electrons. The maximum Gasteiger partial charge on any atom is 0.418 e. The van der Waals surface area contributed by atoms with Crippen molar-refractivity contribution in [3.05, 3.63) is 29.8 Å². The van der Waals surface area contributed by atoms with Crippen LogP contribution >= 0.6 is 0 Å². The molecule has 0 saturated carbocycles. The molecule has 1 fully saturated rings. The van der Waals surface area contributed by atoms with Crippen LogP contribution in [0.25, 0.3) is 0 Å². The molecule has 0 bridgehead atoms. The third kappa shape index (κ3) is 3.18. The normalized spacial score (nSPS) is 19.5. The first-order valence-electron chi connectivity index (χ1n) is 6.04. The van der Waals surface area contributed by atoms with Gasteiger partial charge in [0.05, 0.1) is 18.2 Å². The van der Waals surface area contributed by atoms with Crippen molar-refractivity contribution in [2.45, 2.75) is 18.6 Å². The Hall–Kier alpha value is -1.74. The molecule has 6 heteroatoms. The van der Waals surface area contributed by atoms with E-state index in [-0.39, 0.29) is 18.3 Å². The van der Waals surface area contributed by atoms with E-state index in [1.807, 2.05) is 6.07 Å². The van der Waals surface area contributed by atoms with Crippen molar-refractivity contribution in [1.29, 1.82) is 5.26 Å². The van der Waals surface area contributed by atoms with Gasteiger partial charge in [-0.1, -0.05) is 12.1 Å². The minimum atomic E-state index is -4.34. The topological polar surface area (TPSA) is 39.1 Å². The van der Waals surface area contributed by atoms with Crippen LogP contribution in [-0.2, 0) is 6.18 Å². The molecule has 3 nitrogen and oxygen atoms in total. The van der Waals surface area contributed by atoms with Crippen molar-refractivity contribution >= 4 is 5.69 Å². The molecular weight excluding hydrogens is 255 g/mol. The number of para-hydroxylation sites is 1. The van der Waals surface area contributed by atoms with Crippen molar-refractivity contribution in [2.75, 3.05) is 24.5 Å². The molecule has 1 saturated heterocycles. The number of halogens is 3. The molecule has 19 heavy (non-hydrogen) atoms. The maximum absolute atomic E-state index is 12.9. The number of hydrogen-bond acceptors (Lipinski definition) is 3. The second-order valence-corrected chi connectivity index (χ2v) is 4.49. The van der Waals surface area contributed by atoms with Gasteiger partial charge >= 0.3 is 6.18 Å². The number of nitrogens with zero attached hydrogens (tertiary/aromatic N) is 2. The van der Waals surface area contributed by atoms with Gasteiger partial charge in [-0.25, -0.2) is 0 Å². The highest BCUT2D eigenvalue weighted by atomic mass is 19.4. The molecule has 0 amide bonds. The van der Waals surface area contributed by atoms with E-state index < -0.39 is 11.7 Å². The monoisotopic (exact) mass is 269 g/mol. The Morgan fingerprint density at radius 2 is 2.11 bits per heavy atom. The lowest BCUT2D eigenvalue weighted by Gasteiger charge is -2.23. The Morgan fingerprint density at radius 1 is 1.37 bits per heavy atom. The Bertz CT molecular complexity index is 479. The largest absolute Gasteiger partial charge is 0.418 e. The summed E-state index contributed by atoms with van der Waals surface area (Å²) in [6.07, 6.45) is -3.59. The van der Waals surface area contributed by atoms with Gasteiger partial charge in [0.25, 0.3) is 0 Å². The molecule has 1 N–H and O–H groups in total. The van der Waals surface area contributed by atoms with E-state index in [2.05, 4.69) is 5.32 Å². The summed E-state index contributed by atoms with van der Waals surface area (Å²) in [6.45, 7) is 1.28. The molecule has 0 aromatic heterocycles. The fraction of sp³-hybridized carbons (Fsp3) is 0.462. The second-order valence-electron chi connectivity index (χ2n) is 4.49. The molecule has 1 atom stereocenters. The van der Waals surface area contributed by atoms with Crippen LogP contribution in [0.5, 0.6) is 0 Å². The van der Waals surface area contributed by atoms with Crippen molar-refractivity contribution in [3.8, 4) is 6.07 Å². The molecule has 1 aliphatic rings. The molecule has 1 heterocycles. The van der Waals surface area contributed by atoms with Crippen molar-refractivity contribution in [1.82, 2.24) is 5.32 Å². The SMILES string of the molecule is N#CCNC1CCN(c2ccccc2C(F)(F)F)C1. The van der Waals surface area contributed by atoms with Gasteiger partial charge in [-0.2, -0.15) is 18.4 Å². The molecule has 1 unspecified atom stereocenters. The second kappa shape index (κ2) is 5.49. The van der Waals surface area contributed by atoms with Crippen LogP contribution in [-0.4, -0.2) is 25.7 Å². The minimum Gasteiger partial charge on any atom is -0.369 e. The van der Waals surface area contributed by atoms with Crippen molar-refractivity contribution in [2.24, 2.45) is 0 Å². The molecule has 2 rings (SSSR count). The molecule has 0 radical (unpaired) electrons. The highest BCUT2D eigenvalue weighted by molar-refractivity contribution is 5.55. The number of nitrogens with one attached hydrogen (secondary N) is 1. The van der Waals surface area contributed by atoms with Crippen LogP contribution in [0.3, 0.4) is 0 Å². The van der Waals surface area contributed by atoms with E-state index in [4.69, 9.17) is 5.26 Å². The highest BCUT2D eigenvalue weighted by Crippen LogP contribution is 2.37. The molecule has 1 aromatic carbocycles. The summed E-state index contributed by atoms with van der Waals surface area (Å²) in [4.78, 5) is 1.72. The molecule has 1 aliphatic heterocycles. The smallest absolute Gasteiger partial charge is 0.369 e. The zero-order valence-corrected chi connectivity index (χ0v) is 10.2. The molecule has 0 spiro atoms. The highest BCUT2D eigenvalue weighted by Gasteiger charge is 2.35. The van der Waals surface area contributed by atoms with Gasteiger partial charge in [0, 0.05) is 24.8 Å². The first-order valence-corrected chi connectivity index (χ1v) is 6.04. The van der Waals surface area contributed by atoms with Gasteiger partial charge in [0.1, 0.15) is 0 Å². The summed E-state index contributed by atoms with van der Waals surface area (Å²) in [7, 11) is 0. The number of alkyl halides is 3. The van der Waals surface area contributed by atoms with Crippen LogP contribution in [0.2, 0.25) is 0 Å². The predicted octanol–water partition coefficient (Wildman–Crippen LogP) is 2.40. The lowest BCUT2D eigenvalue weighted by Crippen LogP contribution is -2.33. The van der Waals surface area contributed by atoms with Crippen molar-refractivity contribution < 1.29 is 13.2 Å². The summed E-state index contributed by atoms with van der Waals surface area (Å²) >= 11 is 0. The van der Waals surface area contributed by atoms with E-state index in [0.29, 0.717) is 13.1 Å². The van der Waals surface area contributed by atoms with E-state index >= 15 is 0 Å². The Morgan fingerprint density at radius 3 is 2.79 bits per heavy atom. The third-order valence-electron chi connectivity index (χ3n) is 3.21. The van der Waals surface area contributed by atoms with Crippen LogP contribution in [0.15, 0.2) is 24.3 Å². The summed E-state index contributed by atoms with van der Waals surface area (Å²) in [5.74, 6) is 0. The average Bonchev–Trinajstić information content (AvgIpc) is 2.84. The van der Waals surface area contributed by atoms with Gasteiger partial charge in [-0.3, -0.25) is 5.32 Å². The summed E-state index contributed by atoms with van der Waals surface area (Å²) in [5, 5.41) is 11.5. The molecule has 0 aliphatic carbocycles. The Balaban J connectivity index is 2.14. The van der Waals surface area contributed by atoms with Crippen LogP contribution < -0.4 is 10.2 Å². The van der Waals surface area contributed by atoms with E-state index in [1.165, 1.54) is 12.1 Å². The van der Waals surface area contributed by atoms with Gasteiger partial charge < -0.3 is 4.90 Å². The number of nitriles is 1. The zero-order chi connectivity index (χ0) is 13.9. The van der Waals surface area contributed by atoms with Crippen LogP contribution in [0.4, 0.5) is 18.9 Å². The standard InChI is InChI=1S/C13H14F3N3/c14-13(15,16)11-3-1-2-4-12(11)19-8-5-10(9-19)18-7-6-17/h1-4,10,18H,5,7-9H2. The fourth-order valence-corrected chi connectivity index (χ4v) is 2.32.